The summed E-state index contributed by atoms with van der Waals surface area (Å²) in [4.78, 5) is 23.8. The Morgan fingerprint density at radius 3 is 2.90 bits per heavy atom. The predicted octanol–water partition coefficient (Wildman–Crippen LogP) is 1.80. The summed E-state index contributed by atoms with van der Waals surface area (Å²) in [5, 5.41) is 6.11. The highest BCUT2D eigenvalue weighted by Gasteiger charge is 2.29. The zero-order valence-corrected chi connectivity index (χ0v) is 11.8. The van der Waals surface area contributed by atoms with Gasteiger partial charge in [-0.15, -0.1) is 0 Å². The minimum atomic E-state index is -0.375. The van der Waals surface area contributed by atoms with E-state index >= 15 is 0 Å². The topological polar surface area (TPSA) is 67.4 Å². The van der Waals surface area contributed by atoms with Gasteiger partial charge < -0.3 is 15.4 Å². The van der Waals surface area contributed by atoms with Gasteiger partial charge in [-0.3, -0.25) is 4.79 Å². The van der Waals surface area contributed by atoms with E-state index in [9.17, 15) is 9.59 Å². The van der Waals surface area contributed by atoms with Gasteiger partial charge in [0.1, 0.15) is 0 Å². The number of amides is 1. The average molecular weight is 276 g/mol. The largest absolute Gasteiger partial charge is 0.462 e. The summed E-state index contributed by atoms with van der Waals surface area (Å²) in [6, 6.07) is 7.01. The van der Waals surface area contributed by atoms with E-state index < -0.39 is 0 Å². The van der Waals surface area contributed by atoms with Gasteiger partial charge in [0, 0.05) is 11.7 Å². The van der Waals surface area contributed by atoms with Crippen LogP contribution in [0.5, 0.6) is 0 Å². The van der Waals surface area contributed by atoms with E-state index in [0.29, 0.717) is 17.9 Å². The monoisotopic (exact) mass is 276 g/mol. The Bertz CT molecular complexity index is 502. The van der Waals surface area contributed by atoms with Gasteiger partial charge in [0.25, 0.3) is 0 Å². The Labute approximate surface area is 118 Å². The standard InChI is InChI=1S/C15H20N2O3/c1-3-20-15(19)11-5-4-6-12(9-11)17-14(18)13-7-8-16-10(13)2/h4-6,9-10,13,16H,3,7-8H2,1-2H3,(H,17,18). The van der Waals surface area contributed by atoms with Crippen molar-refractivity contribution in [3.63, 3.8) is 0 Å². The van der Waals surface area contributed by atoms with Gasteiger partial charge in [0.2, 0.25) is 5.91 Å². The Morgan fingerprint density at radius 2 is 2.25 bits per heavy atom. The fraction of sp³-hybridized carbons (Fsp3) is 0.467. The molecule has 1 saturated heterocycles. The Kier molecular flexibility index (Phi) is 4.74. The van der Waals surface area contributed by atoms with Crippen LogP contribution in [0, 0.1) is 5.92 Å². The Balaban J connectivity index is 2.04. The van der Waals surface area contributed by atoms with Crippen molar-refractivity contribution >= 4 is 17.6 Å². The molecule has 0 radical (unpaired) electrons. The lowest BCUT2D eigenvalue weighted by atomic mass is 10.0. The van der Waals surface area contributed by atoms with Crippen LogP contribution < -0.4 is 10.6 Å². The average Bonchev–Trinajstić information content (AvgIpc) is 2.85. The highest BCUT2D eigenvalue weighted by atomic mass is 16.5. The molecule has 108 valence electrons. The first-order chi connectivity index (χ1) is 9.61. The lowest BCUT2D eigenvalue weighted by Gasteiger charge is -2.15. The summed E-state index contributed by atoms with van der Waals surface area (Å²) in [7, 11) is 0. The zero-order valence-electron chi connectivity index (χ0n) is 11.8. The van der Waals surface area contributed by atoms with Crippen molar-refractivity contribution in [2.45, 2.75) is 26.3 Å². The van der Waals surface area contributed by atoms with Gasteiger partial charge in [0.05, 0.1) is 18.1 Å². The van der Waals surface area contributed by atoms with Crippen LogP contribution >= 0.6 is 0 Å². The van der Waals surface area contributed by atoms with E-state index in [2.05, 4.69) is 10.6 Å². The van der Waals surface area contributed by atoms with E-state index in [1.54, 1.807) is 31.2 Å². The maximum atomic E-state index is 12.2. The van der Waals surface area contributed by atoms with E-state index in [-0.39, 0.29) is 23.8 Å². The van der Waals surface area contributed by atoms with E-state index in [4.69, 9.17) is 4.74 Å². The van der Waals surface area contributed by atoms with Crippen molar-refractivity contribution in [2.75, 3.05) is 18.5 Å². The maximum absolute atomic E-state index is 12.2. The second-order valence-electron chi connectivity index (χ2n) is 4.93. The van der Waals surface area contributed by atoms with Gasteiger partial charge in [-0.2, -0.15) is 0 Å². The zero-order chi connectivity index (χ0) is 14.5. The minimum Gasteiger partial charge on any atom is -0.462 e. The number of ether oxygens (including phenoxy) is 1. The highest BCUT2D eigenvalue weighted by Crippen LogP contribution is 2.19. The Morgan fingerprint density at radius 1 is 1.45 bits per heavy atom. The van der Waals surface area contributed by atoms with Crippen LogP contribution in [0.3, 0.4) is 0 Å². The van der Waals surface area contributed by atoms with Crippen molar-refractivity contribution in [1.29, 1.82) is 0 Å². The molecule has 0 spiro atoms. The summed E-state index contributed by atoms with van der Waals surface area (Å²) >= 11 is 0. The lowest BCUT2D eigenvalue weighted by molar-refractivity contribution is -0.120. The van der Waals surface area contributed by atoms with Gasteiger partial charge in [-0.1, -0.05) is 6.07 Å². The molecule has 1 heterocycles. The van der Waals surface area contributed by atoms with E-state index in [1.165, 1.54) is 0 Å². The molecule has 2 unspecified atom stereocenters. The van der Waals surface area contributed by atoms with Gasteiger partial charge in [-0.25, -0.2) is 4.79 Å². The fourth-order valence-corrected chi connectivity index (χ4v) is 2.39. The van der Waals surface area contributed by atoms with Crippen LogP contribution in [-0.2, 0) is 9.53 Å². The number of esters is 1. The van der Waals surface area contributed by atoms with Crippen molar-refractivity contribution < 1.29 is 14.3 Å². The third-order valence-corrected chi connectivity index (χ3v) is 3.50. The first-order valence-electron chi connectivity index (χ1n) is 6.93. The summed E-state index contributed by atoms with van der Waals surface area (Å²) < 4.78 is 4.94. The van der Waals surface area contributed by atoms with Crippen LogP contribution in [0.1, 0.15) is 30.6 Å². The fourth-order valence-electron chi connectivity index (χ4n) is 2.39. The Hall–Kier alpha value is -1.88. The minimum absolute atomic E-state index is 0.0106. The quantitative estimate of drug-likeness (QED) is 0.823. The van der Waals surface area contributed by atoms with Crippen molar-refractivity contribution in [2.24, 2.45) is 5.92 Å². The molecule has 0 saturated carbocycles. The van der Waals surface area contributed by atoms with Gasteiger partial charge >= 0.3 is 5.97 Å². The molecule has 1 amide bonds. The molecule has 2 atom stereocenters. The normalized spacial score (nSPS) is 21.5. The van der Waals surface area contributed by atoms with Crippen molar-refractivity contribution in [3.8, 4) is 0 Å². The number of benzene rings is 1. The number of anilines is 1. The van der Waals surface area contributed by atoms with E-state index in [1.807, 2.05) is 6.92 Å². The van der Waals surface area contributed by atoms with Crippen LogP contribution in [0.25, 0.3) is 0 Å². The predicted molar refractivity (Wildman–Crippen MR) is 76.6 cm³/mol. The molecule has 1 fully saturated rings. The highest BCUT2D eigenvalue weighted by molar-refractivity contribution is 5.95. The number of hydrogen-bond donors (Lipinski definition) is 2. The first-order valence-corrected chi connectivity index (χ1v) is 6.93. The van der Waals surface area contributed by atoms with Gasteiger partial charge in [-0.05, 0) is 45.0 Å². The molecule has 2 rings (SSSR count). The van der Waals surface area contributed by atoms with E-state index in [0.717, 1.165) is 13.0 Å². The number of carbonyl (C=O) groups excluding carboxylic acids is 2. The molecule has 20 heavy (non-hydrogen) atoms. The third kappa shape index (κ3) is 3.36. The summed E-state index contributed by atoms with van der Waals surface area (Å²) in [6.45, 7) is 4.97. The molecule has 1 aromatic carbocycles. The second-order valence-corrected chi connectivity index (χ2v) is 4.93. The van der Waals surface area contributed by atoms with Crippen molar-refractivity contribution in [3.05, 3.63) is 29.8 Å². The first kappa shape index (κ1) is 14.5. The molecular formula is C15H20N2O3. The lowest BCUT2D eigenvalue weighted by Crippen LogP contribution is -2.32. The molecule has 1 aliphatic rings. The summed E-state index contributed by atoms with van der Waals surface area (Å²) in [5.74, 6) is -0.413. The number of rotatable bonds is 4. The third-order valence-electron chi connectivity index (χ3n) is 3.50. The number of hydrogen-bond acceptors (Lipinski definition) is 4. The second kappa shape index (κ2) is 6.52. The van der Waals surface area contributed by atoms with Crippen LogP contribution in [0.15, 0.2) is 24.3 Å². The molecule has 5 heteroatoms. The van der Waals surface area contributed by atoms with Crippen LogP contribution in [0.4, 0.5) is 5.69 Å². The number of carbonyl (C=O) groups is 2. The van der Waals surface area contributed by atoms with Gasteiger partial charge in [0.15, 0.2) is 0 Å². The molecule has 1 aromatic rings. The maximum Gasteiger partial charge on any atom is 0.338 e. The van der Waals surface area contributed by atoms with Crippen LogP contribution in [0.2, 0.25) is 0 Å². The smallest absolute Gasteiger partial charge is 0.338 e. The molecule has 0 bridgehead atoms. The SMILES string of the molecule is CCOC(=O)c1cccc(NC(=O)C2CCNC2C)c1. The molecule has 1 aliphatic heterocycles. The molecular weight excluding hydrogens is 256 g/mol. The number of nitrogens with one attached hydrogen (secondary N) is 2. The van der Waals surface area contributed by atoms with Crippen LogP contribution in [-0.4, -0.2) is 31.1 Å². The molecule has 0 aromatic heterocycles. The van der Waals surface area contributed by atoms with Crippen molar-refractivity contribution in [1.82, 2.24) is 5.32 Å². The molecule has 2 N–H and O–H groups in total. The summed E-state index contributed by atoms with van der Waals surface area (Å²) in [5.41, 5.74) is 1.07. The molecule has 0 aliphatic carbocycles. The summed E-state index contributed by atoms with van der Waals surface area (Å²) in [6.07, 6.45) is 0.838. The molecule has 5 nitrogen and oxygen atoms in total.